The van der Waals surface area contributed by atoms with E-state index in [0.717, 1.165) is 28.3 Å². The van der Waals surface area contributed by atoms with Crippen LogP contribution in [0.3, 0.4) is 0 Å². The molecule has 0 spiro atoms. The zero-order chi connectivity index (χ0) is 21.9. The molecular formula is C25H24N2O3S. The maximum atomic E-state index is 12.1. The summed E-state index contributed by atoms with van der Waals surface area (Å²) in [5.41, 5.74) is 2.75. The fraction of sp³-hybridized carbons (Fsp3) is 0.120. The Bertz CT molecular complexity index is 1020. The van der Waals surface area contributed by atoms with Crippen LogP contribution in [0.1, 0.15) is 18.1 Å². The normalized spacial score (nSPS) is 10.5. The van der Waals surface area contributed by atoms with E-state index in [1.165, 1.54) is 6.08 Å². The Balaban J connectivity index is 1.44. The van der Waals surface area contributed by atoms with Crippen molar-refractivity contribution in [1.82, 2.24) is 5.32 Å². The first-order valence-electron chi connectivity index (χ1n) is 9.92. The first kappa shape index (κ1) is 22.1. The Hall–Kier alpha value is -3.64. The Labute approximate surface area is 187 Å². The first-order chi connectivity index (χ1) is 15.1. The molecule has 0 atom stereocenters. The molecule has 0 unspecified atom stereocenters. The van der Waals surface area contributed by atoms with Crippen molar-refractivity contribution in [3.8, 4) is 11.5 Å². The Morgan fingerprint density at radius 1 is 0.903 bits per heavy atom. The van der Waals surface area contributed by atoms with Crippen LogP contribution < -0.4 is 20.1 Å². The molecule has 0 saturated heterocycles. The molecule has 158 valence electrons. The van der Waals surface area contributed by atoms with Gasteiger partial charge < -0.3 is 14.8 Å². The van der Waals surface area contributed by atoms with Crippen LogP contribution in [0.4, 0.5) is 5.69 Å². The van der Waals surface area contributed by atoms with E-state index in [4.69, 9.17) is 21.7 Å². The van der Waals surface area contributed by atoms with Gasteiger partial charge in [-0.1, -0.05) is 42.5 Å². The summed E-state index contributed by atoms with van der Waals surface area (Å²) in [6.07, 6.45) is 3.15. The van der Waals surface area contributed by atoms with E-state index in [9.17, 15) is 4.79 Å². The van der Waals surface area contributed by atoms with E-state index in [1.807, 2.05) is 85.8 Å². The molecule has 0 aliphatic heterocycles. The summed E-state index contributed by atoms with van der Waals surface area (Å²) in [6, 6.07) is 24.8. The molecule has 0 aliphatic rings. The molecule has 6 heteroatoms. The lowest BCUT2D eigenvalue weighted by molar-refractivity contribution is -0.115. The van der Waals surface area contributed by atoms with Gasteiger partial charge in [0, 0.05) is 11.8 Å². The zero-order valence-corrected chi connectivity index (χ0v) is 18.0. The van der Waals surface area contributed by atoms with Gasteiger partial charge in [0.15, 0.2) is 5.11 Å². The van der Waals surface area contributed by atoms with Crippen LogP contribution in [0.25, 0.3) is 6.08 Å². The van der Waals surface area contributed by atoms with Crippen molar-refractivity contribution < 1.29 is 14.3 Å². The van der Waals surface area contributed by atoms with Crippen LogP contribution in [-0.4, -0.2) is 17.6 Å². The topological polar surface area (TPSA) is 59.6 Å². The van der Waals surface area contributed by atoms with E-state index in [0.29, 0.717) is 13.2 Å². The Morgan fingerprint density at radius 3 is 2.23 bits per heavy atom. The molecule has 0 heterocycles. The van der Waals surface area contributed by atoms with Gasteiger partial charge in [-0.2, -0.15) is 0 Å². The van der Waals surface area contributed by atoms with Crippen LogP contribution in [0.2, 0.25) is 0 Å². The third-order valence-electron chi connectivity index (χ3n) is 4.22. The van der Waals surface area contributed by atoms with E-state index in [1.54, 1.807) is 6.08 Å². The molecule has 0 bridgehead atoms. The second kappa shape index (κ2) is 11.5. The smallest absolute Gasteiger partial charge is 0.250 e. The molecule has 31 heavy (non-hydrogen) atoms. The predicted octanol–water partition coefficient (Wildman–Crippen LogP) is 5.19. The number of anilines is 1. The lowest BCUT2D eigenvalue weighted by Gasteiger charge is -2.10. The van der Waals surface area contributed by atoms with E-state index in [2.05, 4.69) is 10.6 Å². The van der Waals surface area contributed by atoms with Crippen molar-refractivity contribution in [1.29, 1.82) is 0 Å². The number of nitrogens with one attached hydrogen (secondary N) is 2. The largest absolute Gasteiger partial charge is 0.494 e. The van der Waals surface area contributed by atoms with Crippen molar-refractivity contribution in [2.45, 2.75) is 13.5 Å². The van der Waals surface area contributed by atoms with Crippen molar-refractivity contribution in [2.24, 2.45) is 0 Å². The van der Waals surface area contributed by atoms with Gasteiger partial charge in [0.05, 0.1) is 6.61 Å². The van der Waals surface area contributed by atoms with Crippen LogP contribution >= 0.6 is 12.2 Å². The summed E-state index contributed by atoms with van der Waals surface area (Å²) in [4.78, 5) is 12.1. The van der Waals surface area contributed by atoms with Gasteiger partial charge in [-0.3, -0.25) is 10.1 Å². The molecule has 3 aromatic rings. The maximum absolute atomic E-state index is 12.1. The quantitative estimate of drug-likeness (QED) is 0.379. The van der Waals surface area contributed by atoms with Gasteiger partial charge in [-0.25, -0.2) is 0 Å². The number of ether oxygens (including phenoxy) is 2. The zero-order valence-electron chi connectivity index (χ0n) is 17.2. The SMILES string of the molecule is CCOc1ccc(/C=C/C(=O)NC(=S)Nc2ccc(OCc3ccccc3)cc2)cc1. The van der Waals surface area contributed by atoms with Crippen molar-refractivity contribution in [3.05, 3.63) is 96.1 Å². The number of carbonyl (C=O) groups excluding carboxylic acids is 1. The number of benzene rings is 3. The Kier molecular flexibility index (Phi) is 8.20. The number of hydrogen-bond acceptors (Lipinski definition) is 4. The van der Waals surface area contributed by atoms with Crippen LogP contribution in [0.5, 0.6) is 11.5 Å². The second-order valence-electron chi connectivity index (χ2n) is 6.58. The molecule has 2 N–H and O–H groups in total. The van der Waals surface area contributed by atoms with E-state index in [-0.39, 0.29) is 11.0 Å². The van der Waals surface area contributed by atoms with Crippen molar-refractivity contribution in [3.63, 3.8) is 0 Å². The summed E-state index contributed by atoms with van der Waals surface area (Å²) >= 11 is 5.21. The minimum atomic E-state index is -0.311. The highest BCUT2D eigenvalue weighted by Gasteiger charge is 2.03. The summed E-state index contributed by atoms with van der Waals surface area (Å²) in [5, 5.41) is 5.84. The molecule has 0 aliphatic carbocycles. The lowest BCUT2D eigenvalue weighted by Crippen LogP contribution is -2.32. The first-order valence-corrected chi connectivity index (χ1v) is 10.3. The van der Waals surface area contributed by atoms with Gasteiger partial charge in [0.25, 0.3) is 0 Å². The van der Waals surface area contributed by atoms with E-state index < -0.39 is 0 Å². The van der Waals surface area contributed by atoms with Crippen molar-refractivity contribution >= 4 is 35.0 Å². The van der Waals surface area contributed by atoms with Crippen molar-refractivity contribution in [2.75, 3.05) is 11.9 Å². The average Bonchev–Trinajstić information content (AvgIpc) is 2.79. The lowest BCUT2D eigenvalue weighted by atomic mass is 10.2. The highest BCUT2D eigenvalue weighted by atomic mass is 32.1. The summed E-state index contributed by atoms with van der Waals surface area (Å²) in [5.74, 6) is 1.24. The third-order valence-corrected chi connectivity index (χ3v) is 4.42. The summed E-state index contributed by atoms with van der Waals surface area (Å²) < 4.78 is 11.2. The number of thiocarbonyl (C=S) groups is 1. The van der Waals surface area contributed by atoms with Gasteiger partial charge in [0.1, 0.15) is 18.1 Å². The fourth-order valence-corrected chi connectivity index (χ4v) is 2.92. The molecule has 5 nitrogen and oxygen atoms in total. The highest BCUT2D eigenvalue weighted by molar-refractivity contribution is 7.80. The van der Waals surface area contributed by atoms with Crippen LogP contribution in [0, 0.1) is 0 Å². The Morgan fingerprint density at radius 2 is 1.55 bits per heavy atom. The molecule has 1 amide bonds. The van der Waals surface area contributed by atoms with Crippen LogP contribution in [0.15, 0.2) is 84.9 Å². The number of hydrogen-bond donors (Lipinski definition) is 2. The van der Waals surface area contributed by atoms with Gasteiger partial charge in [0.2, 0.25) is 5.91 Å². The molecule has 3 rings (SSSR count). The average molecular weight is 433 g/mol. The van der Waals surface area contributed by atoms with Gasteiger partial charge >= 0.3 is 0 Å². The molecule has 0 aromatic heterocycles. The maximum Gasteiger partial charge on any atom is 0.250 e. The number of rotatable bonds is 8. The monoisotopic (exact) mass is 432 g/mol. The fourth-order valence-electron chi connectivity index (χ4n) is 2.71. The molecule has 0 fully saturated rings. The van der Waals surface area contributed by atoms with Gasteiger partial charge in [-0.05, 0) is 72.7 Å². The highest BCUT2D eigenvalue weighted by Crippen LogP contribution is 2.17. The molecular weight excluding hydrogens is 408 g/mol. The summed E-state index contributed by atoms with van der Waals surface area (Å²) in [7, 11) is 0. The molecule has 3 aromatic carbocycles. The standard InChI is InChI=1S/C25H24N2O3S/c1-2-29-22-13-8-19(9-14-22)10-17-24(28)27-25(31)26-21-11-15-23(16-12-21)30-18-20-6-4-3-5-7-20/h3-17H,2,18H2,1H3,(H2,26,27,28,31)/b17-10+. The third kappa shape index (κ3) is 7.60. The number of carbonyl (C=O) groups is 1. The molecule has 0 radical (unpaired) electrons. The van der Waals surface area contributed by atoms with E-state index >= 15 is 0 Å². The van der Waals surface area contributed by atoms with Crippen LogP contribution in [-0.2, 0) is 11.4 Å². The summed E-state index contributed by atoms with van der Waals surface area (Å²) in [6.45, 7) is 3.05. The molecule has 0 saturated carbocycles. The minimum Gasteiger partial charge on any atom is -0.494 e. The van der Waals surface area contributed by atoms with Gasteiger partial charge in [-0.15, -0.1) is 0 Å². The minimum absolute atomic E-state index is 0.222. The second-order valence-corrected chi connectivity index (χ2v) is 6.99. The predicted molar refractivity (Wildman–Crippen MR) is 128 cm³/mol. The number of amides is 1.